The first-order chi connectivity index (χ1) is 12.2. The highest BCUT2D eigenvalue weighted by molar-refractivity contribution is 7.90. The Bertz CT molecular complexity index is 1090. The zero-order valence-electron chi connectivity index (χ0n) is 13.9. The van der Waals surface area contributed by atoms with Crippen LogP contribution in [0, 0.1) is 18.6 Å². The molecule has 1 heterocycles. The van der Waals surface area contributed by atoms with Crippen LogP contribution in [0.15, 0.2) is 45.8 Å². The molecule has 0 radical (unpaired) electrons. The van der Waals surface area contributed by atoms with Gasteiger partial charge in [-0.25, -0.2) is 21.6 Å². The zero-order valence-corrected chi connectivity index (χ0v) is 14.7. The first kappa shape index (κ1) is 18.2. The van der Waals surface area contributed by atoms with E-state index in [0.29, 0.717) is 11.6 Å². The van der Waals surface area contributed by atoms with Crippen LogP contribution in [0.25, 0.3) is 22.4 Å². The molecule has 4 nitrogen and oxygen atoms in total. The molecule has 3 aromatic rings. The smallest absolute Gasteiger partial charge is 0.178 e. The Hall–Kier alpha value is -2.61. The van der Waals surface area contributed by atoms with Gasteiger partial charge in [-0.2, -0.15) is 0 Å². The number of aryl methyl sites for hydroxylation is 1. The van der Waals surface area contributed by atoms with Gasteiger partial charge in [0.1, 0.15) is 22.2 Å². The second kappa shape index (κ2) is 6.60. The van der Waals surface area contributed by atoms with E-state index in [2.05, 4.69) is 5.16 Å². The van der Waals surface area contributed by atoms with E-state index < -0.39 is 33.0 Å². The maximum Gasteiger partial charge on any atom is 0.178 e. The highest BCUT2D eigenvalue weighted by atomic mass is 32.2. The molecule has 136 valence electrons. The van der Waals surface area contributed by atoms with Crippen molar-refractivity contribution >= 4 is 9.84 Å². The van der Waals surface area contributed by atoms with Crippen LogP contribution in [0.1, 0.15) is 11.3 Å². The van der Waals surface area contributed by atoms with Gasteiger partial charge >= 0.3 is 0 Å². The van der Waals surface area contributed by atoms with Crippen molar-refractivity contribution < 1.29 is 26.1 Å². The number of aromatic nitrogens is 1. The number of rotatable bonds is 4. The molecule has 0 aliphatic carbocycles. The van der Waals surface area contributed by atoms with E-state index in [1.165, 1.54) is 0 Å². The average molecular weight is 381 g/mol. The molecule has 0 atom stereocenters. The highest BCUT2D eigenvalue weighted by Crippen LogP contribution is 2.38. The molecule has 0 aliphatic heterocycles. The summed E-state index contributed by atoms with van der Waals surface area (Å²) >= 11 is 0. The molecule has 26 heavy (non-hydrogen) atoms. The maximum atomic E-state index is 14.6. The number of hydrogen-bond acceptors (Lipinski definition) is 4. The highest BCUT2D eigenvalue weighted by Gasteiger charge is 2.25. The first-order valence-electron chi connectivity index (χ1n) is 7.53. The summed E-state index contributed by atoms with van der Waals surface area (Å²) in [7, 11) is -3.95. The minimum absolute atomic E-state index is 0.0467. The van der Waals surface area contributed by atoms with Crippen LogP contribution in [0.5, 0.6) is 0 Å². The third-order valence-electron chi connectivity index (χ3n) is 3.87. The number of alkyl halides is 1. The molecule has 0 N–H and O–H groups in total. The Balaban J connectivity index is 2.28. The standard InChI is InChI=1S/C18H14F3NO3S/c1-10-4-3-5-11(6-10)18-17(15(9-19)25-22-18)12-7-14(21)16(8-13(12)20)26(2,23)24/h3-8H,9H2,1-2H3. The van der Waals surface area contributed by atoms with Gasteiger partial charge in [-0.1, -0.05) is 28.9 Å². The van der Waals surface area contributed by atoms with Gasteiger partial charge in [-0.3, -0.25) is 0 Å². The minimum atomic E-state index is -3.95. The summed E-state index contributed by atoms with van der Waals surface area (Å²) in [6.07, 6.45) is 0.773. The molecular weight excluding hydrogens is 367 g/mol. The van der Waals surface area contributed by atoms with Crippen molar-refractivity contribution in [3.8, 4) is 22.4 Å². The monoisotopic (exact) mass is 381 g/mol. The van der Waals surface area contributed by atoms with Crippen LogP contribution in [0.3, 0.4) is 0 Å². The Morgan fingerprint density at radius 3 is 2.46 bits per heavy atom. The summed E-state index contributed by atoms with van der Waals surface area (Å²) in [4.78, 5) is -0.769. The summed E-state index contributed by atoms with van der Waals surface area (Å²) in [6.45, 7) is 0.753. The topological polar surface area (TPSA) is 60.2 Å². The van der Waals surface area contributed by atoms with Crippen LogP contribution in [-0.2, 0) is 16.5 Å². The lowest BCUT2D eigenvalue weighted by molar-refractivity contribution is 0.332. The van der Waals surface area contributed by atoms with E-state index in [-0.39, 0.29) is 22.6 Å². The van der Waals surface area contributed by atoms with Crippen molar-refractivity contribution in [2.45, 2.75) is 18.5 Å². The number of nitrogens with zero attached hydrogens (tertiary/aromatic N) is 1. The Labute approximate surface area is 148 Å². The lowest BCUT2D eigenvalue weighted by Crippen LogP contribution is -2.03. The summed E-state index contributed by atoms with van der Waals surface area (Å²) in [5.41, 5.74) is 1.20. The Kier molecular flexibility index (Phi) is 4.62. The Morgan fingerprint density at radius 2 is 1.85 bits per heavy atom. The van der Waals surface area contributed by atoms with E-state index in [4.69, 9.17) is 4.52 Å². The van der Waals surface area contributed by atoms with Crippen LogP contribution in [-0.4, -0.2) is 19.8 Å². The number of hydrogen-bond donors (Lipinski definition) is 0. The van der Waals surface area contributed by atoms with E-state index in [9.17, 15) is 21.6 Å². The fourth-order valence-electron chi connectivity index (χ4n) is 2.69. The van der Waals surface area contributed by atoms with Crippen molar-refractivity contribution in [2.75, 3.05) is 6.26 Å². The molecule has 1 aromatic heterocycles. The van der Waals surface area contributed by atoms with Gasteiger partial charge in [0.25, 0.3) is 0 Å². The molecule has 3 rings (SSSR count). The summed E-state index contributed by atoms with van der Waals surface area (Å²) in [5, 5.41) is 3.79. The van der Waals surface area contributed by atoms with Gasteiger partial charge in [0.2, 0.25) is 0 Å². The third-order valence-corrected chi connectivity index (χ3v) is 4.98. The van der Waals surface area contributed by atoms with Crippen molar-refractivity contribution in [3.63, 3.8) is 0 Å². The quantitative estimate of drug-likeness (QED) is 0.669. The van der Waals surface area contributed by atoms with Crippen molar-refractivity contribution in [3.05, 3.63) is 59.4 Å². The summed E-state index contributed by atoms with van der Waals surface area (Å²) in [6, 6.07) is 8.28. The molecule has 8 heteroatoms. The lowest BCUT2D eigenvalue weighted by atomic mass is 9.98. The van der Waals surface area contributed by atoms with Crippen molar-refractivity contribution in [1.82, 2.24) is 5.16 Å². The van der Waals surface area contributed by atoms with Crippen molar-refractivity contribution in [2.24, 2.45) is 0 Å². The van der Waals surface area contributed by atoms with Crippen LogP contribution in [0.2, 0.25) is 0 Å². The first-order valence-corrected chi connectivity index (χ1v) is 9.42. The molecule has 0 saturated carbocycles. The molecule has 0 unspecified atom stereocenters. The van der Waals surface area contributed by atoms with Gasteiger partial charge in [0.15, 0.2) is 22.3 Å². The SMILES string of the molecule is Cc1cccc(-c2noc(CF)c2-c2cc(F)c(S(C)(=O)=O)cc2F)c1. The molecular formula is C18H14F3NO3S. The van der Waals surface area contributed by atoms with Crippen molar-refractivity contribution in [1.29, 1.82) is 0 Å². The van der Waals surface area contributed by atoms with E-state index in [1.807, 2.05) is 13.0 Å². The largest absolute Gasteiger partial charge is 0.357 e. The molecule has 2 aromatic carbocycles. The van der Waals surface area contributed by atoms with Gasteiger partial charge in [-0.05, 0) is 25.1 Å². The minimum Gasteiger partial charge on any atom is -0.357 e. The van der Waals surface area contributed by atoms with Gasteiger partial charge in [-0.15, -0.1) is 0 Å². The fourth-order valence-corrected chi connectivity index (χ4v) is 3.42. The van der Waals surface area contributed by atoms with Gasteiger partial charge < -0.3 is 4.52 Å². The number of sulfone groups is 1. The van der Waals surface area contributed by atoms with Gasteiger partial charge in [0, 0.05) is 17.4 Å². The Morgan fingerprint density at radius 1 is 1.12 bits per heavy atom. The second-order valence-corrected chi connectivity index (χ2v) is 7.85. The maximum absolute atomic E-state index is 14.6. The normalized spacial score (nSPS) is 11.7. The number of halogens is 3. The number of benzene rings is 2. The van der Waals surface area contributed by atoms with Crippen LogP contribution < -0.4 is 0 Å². The van der Waals surface area contributed by atoms with E-state index >= 15 is 0 Å². The molecule has 0 fully saturated rings. The van der Waals surface area contributed by atoms with Crippen LogP contribution >= 0.6 is 0 Å². The van der Waals surface area contributed by atoms with E-state index in [1.54, 1.807) is 18.2 Å². The predicted molar refractivity (Wildman–Crippen MR) is 89.9 cm³/mol. The van der Waals surface area contributed by atoms with Gasteiger partial charge in [0.05, 0.1) is 5.56 Å². The molecule has 0 aliphatic rings. The summed E-state index contributed by atoms with van der Waals surface area (Å²) < 4.78 is 70.3. The summed E-state index contributed by atoms with van der Waals surface area (Å²) in [5.74, 6) is -2.42. The zero-order chi connectivity index (χ0) is 19.1. The third kappa shape index (κ3) is 3.24. The van der Waals surface area contributed by atoms with Crippen LogP contribution in [0.4, 0.5) is 13.2 Å². The van der Waals surface area contributed by atoms with E-state index in [0.717, 1.165) is 17.9 Å². The second-order valence-electron chi connectivity index (χ2n) is 5.87. The molecule has 0 amide bonds. The molecule has 0 saturated heterocycles. The fraction of sp³-hybridized carbons (Fsp3) is 0.167. The molecule has 0 bridgehead atoms. The average Bonchev–Trinajstić information content (AvgIpc) is 2.99. The lowest BCUT2D eigenvalue weighted by Gasteiger charge is -2.08. The molecule has 0 spiro atoms. The predicted octanol–water partition coefficient (Wildman–Crippen LogP) is 4.47.